The number of hydrogen-bond acceptors (Lipinski definition) is 3. The topological polar surface area (TPSA) is 74.8 Å². The van der Waals surface area contributed by atoms with E-state index in [0.717, 1.165) is 32.7 Å². The predicted octanol–water partition coefficient (Wildman–Crippen LogP) is 3.31. The molecule has 1 aliphatic rings. The molecule has 0 spiro atoms. The predicted molar refractivity (Wildman–Crippen MR) is 111 cm³/mol. The molecule has 7 heteroatoms. The third-order valence-corrected chi connectivity index (χ3v) is 5.13. The lowest BCUT2D eigenvalue weighted by atomic mass is 9.83. The second-order valence-electron chi connectivity index (χ2n) is 7.26. The summed E-state index contributed by atoms with van der Waals surface area (Å²) in [6.07, 6.45) is 5.93. The highest BCUT2D eigenvalue weighted by atomic mass is 19.1. The third-order valence-electron chi connectivity index (χ3n) is 5.13. The van der Waals surface area contributed by atoms with Gasteiger partial charge in [-0.2, -0.15) is 0 Å². The summed E-state index contributed by atoms with van der Waals surface area (Å²) in [5.74, 6) is 0.0648. The van der Waals surface area contributed by atoms with Gasteiger partial charge in [0.25, 0.3) is 0 Å². The zero-order valence-electron chi connectivity index (χ0n) is 17.0. The van der Waals surface area contributed by atoms with E-state index in [0.29, 0.717) is 11.6 Å². The minimum Gasteiger partial charge on any atom is -0.382 e. The number of rotatable bonds is 10. The summed E-state index contributed by atoms with van der Waals surface area (Å²) in [6, 6.07) is 5.69. The van der Waals surface area contributed by atoms with Crippen molar-refractivity contribution in [2.24, 2.45) is 10.4 Å². The maximum absolute atomic E-state index is 12.9. The van der Waals surface area contributed by atoms with Gasteiger partial charge in [-0.3, -0.25) is 4.79 Å². The number of anilines is 1. The first-order valence-corrected chi connectivity index (χ1v) is 10.2. The van der Waals surface area contributed by atoms with E-state index in [9.17, 15) is 9.18 Å². The maximum atomic E-state index is 12.9. The second kappa shape index (κ2) is 11.6. The molecule has 2 rings (SSSR count). The van der Waals surface area contributed by atoms with E-state index >= 15 is 0 Å². The molecule has 1 fully saturated rings. The van der Waals surface area contributed by atoms with Crippen molar-refractivity contribution in [2.45, 2.75) is 46.0 Å². The van der Waals surface area contributed by atoms with Gasteiger partial charge in [-0.1, -0.05) is 12.8 Å². The van der Waals surface area contributed by atoms with Crippen LogP contribution in [-0.4, -0.2) is 44.7 Å². The van der Waals surface area contributed by atoms with Crippen LogP contribution in [0.25, 0.3) is 0 Å². The van der Waals surface area contributed by atoms with E-state index in [1.165, 1.54) is 49.9 Å². The largest absolute Gasteiger partial charge is 0.382 e. The molecule has 3 N–H and O–H groups in total. The second-order valence-corrected chi connectivity index (χ2v) is 7.26. The molecule has 28 heavy (non-hydrogen) atoms. The summed E-state index contributed by atoms with van der Waals surface area (Å²) in [7, 11) is 0. The number of carbonyl (C=O) groups excluding carboxylic acids is 1. The first kappa shape index (κ1) is 22.1. The number of halogens is 1. The van der Waals surface area contributed by atoms with Crippen LogP contribution in [0.1, 0.15) is 46.0 Å². The molecule has 0 bridgehead atoms. The molecule has 6 nitrogen and oxygen atoms in total. The average Bonchev–Trinajstić information content (AvgIpc) is 3.15. The molecule has 1 aromatic rings. The number of ether oxygens (including phenoxy) is 1. The Morgan fingerprint density at radius 2 is 1.89 bits per heavy atom. The number of benzene rings is 1. The summed E-state index contributed by atoms with van der Waals surface area (Å²) in [5, 5.41) is 9.33. The molecule has 156 valence electrons. The number of aliphatic imine (C=N–C) groups is 1. The molecule has 0 aliphatic heterocycles. The molecule has 1 aromatic carbocycles. The number of guanidine groups is 1. The number of carbonyl (C=O) groups is 1. The van der Waals surface area contributed by atoms with Crippen LogP contribution >= 0.6 is 0 Å². The molecule has 0 atom stereocenters. The lowest BCUT2D eigenvalue weighted by Gasteiger charge is -2.30. The minimum atomic E-state index is -0.333. The van der Waals surface area contributed by atoms with Crippen LogP contribution in [0, 0.1) is 11.2 Å². The van der Waals surface area contributed by atoms with Crippen molar-refractivity contribution in [1.29, 1.82) is 0 Å². The Labute approximate surface area is 167 Å². The summed E-state index contributed by atoms with van der Waals surface area (Å²) >= 11 is 0. The van der Waals surface area contributed by atoms with Gasteiger partial charge in [0, 0.05) is 32.0 Å². The van der Waals surface area contributed by atoms with Crippen LogP contribution in [0.5, 0.6) is 0 Å². The fourth-order valence-corrected chi connectivity index (χ4v) is 3.57. The Kier molecular flexibility index (Phi) is 9.20. The van der Waals surface area contributed by atoms with Gasteiger partial charge in [0.05, 0.1) is 0 Å². The van der Waals surface area contributed by atoms with Crippen LogP contribution in [0.3, 0.4) is 0 Å². The first-order valence-electron chi connectivity index (χ1n) is 10.2. The van der Waals surface area contributed by atoms with Gasteiger partial charge >= 0.3 is 0 Å². The molecular weight excluding hydrogens is 359 g/mol. The maximum Gasteiger partial charge on any atom is 0.246 e. The molecule has 0 saturated heterocycles. The summed E-state index contributed by atoms with van der Waals surface area (Å²) in [6.45, 7) is 7.09. The summed E-state index contributed by atoms with van der Waals surface area (Å²) in [4.78, 5) is 16.5. The van der Waals surface area contributed by atoms with E-state index in [4.69, 9.17) is 4.74 Å². The van der Waals surface area contributed by atoms with Gasteiger partial charge in [0.1, 0.15) is 12.4 Å². The normalized spacial score (nSPS) is 16.0. The number of nitrogens with zero attached hydrogens (tertiary/aromatic N) is 1. The van der Waals surface area contributed by atoms with E-state index < -0.39 is 0 Å². The van der Waals surface area contributed by atoms with Gasteiger partial charge in [-0.15, -0.1) is 0 Å². The Morgan fingerprint density at radius 1 is 1.18 bits per heavy atom. The number of amides is 1. The van der Waals surface area contributed by atoms with E-state index in [1.807, 2.05) is 13.8 Å². The Hall–Kier alpha value is -2.15. The third kappa shape index (κ3) is 7.46. The summed E-state index contributed by atoms with van der Waals surface area (Å²) < 4.78 is 18.5. The average molecular weight is 393 g/mol. The van der Waals surface area contributed by atoms with Crippen molar-refractivity contribution in [1.82, 2.24) is 10.6 Å². The molecule has 1 aliphatic carbocycles. The van der Waals surface area contributed by atoms with Crippen molar-refractivity contribution < 1.29 is 13.9 Å². The Morgan fingerprint density at radius 3 is 2.54 bits per heavy atom. The van der Waals surface area contributed by atoms with Crippen molar-refractivity contribution in [2.75, 3.05) is 38.2 Å². The van der Waals surface area contributed by atoms with Gasteiger partial charge in [-0.25, -0.2) is 9.38 Å². The SMILES string of the molecule is CCNC(=NCC(=O)Nc1ccc(F)cc1)NCC1(CCOCC)CCCC1. The van der Waals surface area contributed by atoms with Crippen LogP contribution in [0.2, 0.25) is 0 Å². The molecular formula is C21H33FN4O2. The highest BCUT2D eigenvalue weighted by Gasteiger charge is 2.33. The van der Waals surface area contributed by atoms with Gasteiger partial charge in [0.15, 0.2) is 5.96 Å². The monoisotopic (exact) mass is 392 g/mol. The number of hydrogen-bond donors (Lipinski definition) is 3. The smallest absolute Gasteiger partial charge is 0.246 e. The van der Waals surface area contributed by atoms with Crippen molar-refractivity contribution in [3.63, 3.8) is 0 Å². The number of nitrogens with one attached hydrogen (secondary N) is 3. The molecule has 0 unspecified atom stereocenters. The van der Waals surface area contributed by atoms with Crippen LogP contribution in [-0.2, 0) is 9.53 Å². The van der Waals surface area contributed by atoms with Gasteiger partial charge < -0.3 is 20.7 Å². The highest BCUT2D eigenvalue weighted by Crippen LogP contribution is 2.40. The standard InChI is InChI=1S/C21H33FN4O2/c1-3-23-20(24-15-19(27)26-18-9-7-17(22)8-10-18)25-16-21(11-5-6-12-21)13-14-28-4-2/h7-10H,3-6,11-16H2,1-2H3,(H,26,27)(H2,23,24,25). The van der Waals surface area contributed by atoms with E-state index in [2.05, 4.69) is 20.9 Å². The van der Waals surface area contributed by atoms with Gasteiger partial charge in [0.2, 0.25) is 5.91 Å². The molecule has 0 heterocycles. The lowest BCUT2D eigenvalue weighted by Crippen LogP contribution is -2.43. The molecule has 1 amide bonds. The van der Waals surface area contributed by atoms with E-state index in [1.54, 1.807) is 0 Å². The molecule has 0 aromatic heterocycles. The van der Waals surface area contributed by atoms with Crippen molar-refractivity contribution >= 4 is 17.6 Å². The first-order chi connectivity index (χ1) is 13.6. The van der Waals surface area contributed by atoms with Crippen LogP contribution in [0.4, 0.5) is 10.1 Å². The zero-order chi connectivity index (χ0) is 20.2. The van der Waals surface area contributed by atoms with Crippen molar-refractivity contribution in [3.05, 3.63) is 30.1 Å². The highest BCUT2D eigenvalue weighted by molar-refractivity contribution is 5.94. The lowest BCUT2D eigenvalue weighted by molar-refractivity contribution is -0.114. The Balaban J connectivity index is 1.87. The van der Waals surface area contributed by atoms with Crippen LogP contribution < -0.4 is 16.0 Å². The van der Waals surface area contributed by atoms with Crippen molar-refractivity contribution in [3.8, 4) is 0 Å². The fourth-order valence-electron chi connectivity index (χ4n) is 3.57. The Bertz CT molecular complexity index is 628. The zero-order valence-corrected chi connectivity index (χ0v) is 17.0. The van der Waals surface area contributed by atoms with Crippen LogP contribution in [0.15, 0.2) is 29.3 Å². The molecule has 1 saturated carbocycles. The molecule has 0 radical (unpaired) electrons. The fraction of sp³-hybridized carbons (Fsp3) is 0.619. The van der Waals surface area contributed by atoms with Gasteiger partial charge in [-0.05, 0) is 62.8 Å². The van der Waals surface area contributed by atoms with E-state index in [-0.39, 0.29) is 23.7 Å². The summed E-state index contributed by atoms with van der Waals surface area (Å²) in [5.41, 5.74) is 0.794. The quantitative estimate of drug-likeness (QED) is 0.324. The minimum absolute atomic E-state index is 0.00133.